The molecule has 0 aliphatic rings. The summed E-state index contributed by atoms with van der Waals surface area (Å²) in [5.41, 5.74) is 0. The summed E-state index contributed by atoms with van der Waals surface area (Å²) >= 11 is 0. The Morgan fingerprint density at radius 2 is 0.500 bits per heavy atom. The van der Waals surface area contributed by atoms with Gasteiger partial charge < -0.3 is 33.8 Å². The lowest BCUT2D eigenvalue weighted by molar-refractivity contribution is -0.161. The number of phosphoric ester groups is 2. The second-order valence-corrected chi connectivity index (χ2v) is 32.3. The number of unbranched alkanes of at least 4 members (excludes halogenated alkanes) is 39. The lowest BCUT2D eigenvalue weighted by Crippen LogP contribution is -2.30. The van der Waals surface area contributed by atoms with Crippen LogP contribution in [0.5, 0.6) is 0 Å². The van der Waals surface area contributed by atoms with Gasteiger partial charge in [-0.3, -0.25) is 37.3 Å². The molecule has 0 radical (unpaired) electrons. The van der Waals surface area contributed by atoms with Gasteiger partial charge in [0.05, 0.1) is 26.4 Å². The fourth-order valence-corrected chi connectivity index (χ4v) is 13.3. The molecule has 0 aromatic rings. The first-order valence-corrected chi connectivity index (χ1v) is 42.7. The van der Waals surface area contributed by atoms with Crippen molar-refractivity contribution in [2.45, 2.75) is 408 Å². The van der Waals surface area contributed by atoms with Crippen molar-refractivity contribution >= 4 is 39.5 Å². The minimum absolute atomic E-state index is 0.105. The van der Waals surface area contributed by atoms with E-state index in [1.54, 1.807) is 0 Å². The van der Waals surface area contributed by atoms with Gasteiger partial charge in [-0.15, -0.1) is 0 Å². The molecule has 17 nitrogen and oxygen atoms in total. The molecule has 0 amide bonds. The Balaban J connectivity index is 5.22. The number of aliphatic hydroxyl groups excluding tert-OH is 1. The number of rotatable bonds is 74. The lowest BCUT2D eigenvalue weighted by Gasteiger charge is -2.21. The summed E-state index contributed by atoms with van der Waals surface area (Å²) in [7, 11) is -9.91. The molecule has 96 heavy (non-hydrogen) atoms. The van der Waals surface area contributed by atoms with Crippen LogP contribution < -0.4 is 0 Å². The van der Waals surface area contributed by atoms with E-state index in [0.717, 1.165) is 120 Å². The molecule has 3 N–H and O–H groups in total. The molecule has 0 fully saturated rings. The fourth-order valence-electron chi connectivity index (χ4n) is 11.7. The predicted octanol–water partition coefficient (Wildman–Crippen LogP) is 22.4. The predicted molar refractivity (Wildman–Crippen MR) is 391 cm³/mol. The van der Waals surface area contributed by atoms with Crippen molar-refractivity contribution in [1.82, 2.24) is 0 Å². The van der Waals surface area contributed by atoms with Crippen molar-refractivity contribution in [3.8, 4) is 0 Å². The standard InChI is InChI=1S/C77H150O17P2/c1-9-70(8)56-48-40-35-36-42-50-58-75(80)88-64-73(94-76(81)59-51-43-33-27-21-17-13-15-19-24-30-38-46-54-68(4)5)66-92-96(85,86)90-62-71(78)61-89-95(83,84)91-65-72(93-77(82)60-52-44-34-28-22-25-31-39-47-55-69(6)7)63-87-74(79)57-49-41-32-26-20-16-12-10-11-14-18-23-29-37-45-53-67(2)3/h67-73,78H,9-66H2,1-8H3,(H,83,84)(H,85,86)/t70?,71-,72-,73-/m1/s1. The van der Waals surface area contributed by atoms with Crippen LogP contribution in [0, 0.1) is 23.7 Å². The highest BCUT2D eigenvalue weighted by atomic mass is 31.2. The Morgan fingerprint density at radius 3 is 0.740 bits per heavy atom. The third kappa shape index (κ3) is 69.2. The van der Waals surface area contributed by atoms with Crippen LogP contribution in [-0.4, -0.2) is 96.7 Å². The van der Waals surface area contributed by atoms with E-state index < -0.39 is 97.5 Å². The van der Waals surface area contributed by atoms with E-state index in [-0.39, 0.29) is 25.7 Å². The number of hydrogen-bond acceptors (Lipinski definition) is 15. The monoisotopic (exact) mass is 1410 g/mol. The average molecular weight is 1410 g/mol. The van der Waals surface area contributed by atoms with Gasteiger partial charge in [-0.05, 0) is 49.4 Å². The largest absolute Gasteiger partial charge is 0.472 e. The van der Waals surface area contributed by atoms with Crippen LogP contribution in [0.4, 0.5) is 0 Å². The van der Waals surface area contributed by atoms with E-state index >= 15 is 0 Å². The SMILES string of the molecule is CCC(C)CCCCCCCCC(=O)OC[C@H](COP(=O)(O)OC[C@H](O)COP(=O)(O)OC[C@@H](COC(=O)CCCCCCCCCCCCCCCCCC(C)C)OC(=O)CCCCCCCCCCCC(C)C)OC(=O)CCCCCCCCCCCCCCCC(C)C. The van der Waals surface area contributed by atoms with Gasteiger partial charge in [0.2, 0.25) is 0 Å². The topological polar surface area (TPSA) is 237 Å². The molecule has 6 atom stereocenters. The molecule has 0 bridgehead atoms. The van der Waals surface area contributed by atoms with Crippen molar-refractivity contribution < 1.29 is 80.2 Å². The van der Waals surface area contributed by atoms with E-state index in [2.05, 4.69) is 55.4 Å². The normalized spacial score (nSPS) is 14.4. The van der Waals surface area contributed by atoms with Gasteiger partial charge in [-0.2, -0.15) is 0 Å². The third-order valence-electron chi connectivity index (χ3n) is 18.2. The van der Waals surface area contributed by atoms with E-state index in [9.17, 15) is 43.2 Å². The van der Waals surface area contributed by atoms with Crippen LogP contribution >= 0.6 is 15.6 Å². The maximum atomic E-state index is 13.1. The molecule has 0 heterocycles. The first-order valence-electron chi connectivity index (χ1n) is 39.7. The maximum Gasteiger partial charge on any atom is 0.472 e. The fraction of sp³-hybridized carbons (Fsp3) is 0.948. The van der Waals surface area contributed by atoms with Crippen LogP contribution in [0.1, 0.15) is 389 Å². The average Bonchev–Trinajstić information content (AvgIpc) is 1.33. The molecule has 0 rings (SSSR count). The van der Waals surface area contributed by atoms with Crippen LogP contribution in [0.25, 0.3) is 0 Å². The minimum Gasteiger partial charge on any atom is -0.462 e. The molecule has 0 aliphatic heterocycles. The van der Waals surface area contributed by atoms with Crippen molar-refractivity contribution in [2.75, 3.05) is 39.6 Å². The molecular formula is C77H150O17P2. The van der Waals surface area contributed by atoms with Gasteiger partial charge in [0, 0.05) is 25.7 Å². The quantitative estimate of drug-likeness (QED) is 0.0222. The van der Waals surface area contributed by atoms with Crippen molar-refractivity contribution in [2.24, 2.45) is 23.7 Å². The van der Waals surface area contributed by atoms with Gasteiger partial charge in [0.1, 0.15) is 19.3 Å². The summed E-state index contributed by atoms with van der Waals surface area (Å²) in [6.45, 7) is 14.2. The van der Waals surface area contributed by atoms with E-state index in [4.69, 9.17) is 37.0 Å². The highest BCUT2D eigenvalue weighted by Gasteiger charge is 2.30. The van der Waals surface area contributed by atoms with Gasteiger partial charge in [0.15, 0.2) is 12.2 Å². The summed E-state index contributed by atoms with van der Waals surface area (Å²) in [6.07, 6.45) is 51.4. The van der Waals surface area contributed by atoms with Crippen LogP contribution in [0.2, 0.25) is 0 Å². The van der Waals surface area contributed by atoms with Gasteiger partial charge in [0.25, 0.3) is 0 Å². The Morgan fingerprint density at radius 1 is 0.292 bits per heavy atom. The third-order valence-corrected chi connectivity index (χ3v) is 20.1. The Labute approximate surface area is 588 Å². The highest BCUT2D eigenvalue weighted by molar-refractivity contribution is 7.47. The van der Waals surface area contributed by atoms with Crippen LogP contribution in [0.3, 0.4) is 0 Å². The molecule has 0 aromatic heterocycles. The van der Waals surface area contributed by atoms with Gasteiger partial charge >= 0.3 is 39.5 Å². The first-order chi connectivity index (χ1) is 46.1. The molecule has 570 valence electrons. The minimum atomic E-state index is -4.96. The second kappa shape index (κ2) is 66.3. The summed E-state index contributed by atoms with van der Waals surface area (Å²) in [6, 6.07) is 0. The first kappa shape index (κ1) is 94.1. The van der Waals surface area contributed by atoms with Crippen molar-refractivity contribution in [3.63, 3.8) is 0 Å². The molecule has 0 spiro atoms. The Kier molecular flexibility index (Phi) is 65.0. The maximum absolute atomic E-state index is 13.1. The zero-order valence-corrected chi connectivity index (χ0v) is 64.8. The number of ether oxygens (including phenoxy) is 4. The number of esters is 4. The number of phosphoric acid groups is 2. The zero-order valence-electron chi connectivity index (χ0n) is 63.0. The van der Waals surface area contributed by atoms with Crippen molar-refractivity contribution in [3.05, 3.63) is 0 Å². The number of carbonyl (C=O) groups excluding carboxylic acids is 4. The summed E-state index contributed by atoms with van der Waals surface area (Å²) in [4.78, 5) is 72.8. The molecule has 0 saturated carbocycles. The molecule has 3 unspecified atom stereocenters. The number of carbonyl (C=O) groups is 4. The zero-order chi connectivity index (χ0) is 71.0. The molecule has 0 saturated heterocycles. The van der Waals surface area contributed by atoms with Crippen LogP contribution in [-0.2, 0) is 65.4 Å². The van der Waals surface area contributed by atoms with Crippen molar-refractivity contribution in [1.29, 1.82) is 0 Å². The van der Waals surface area contributed by atoms with E-state index in [1.165, 1.54) is 186 Å². The summed E-state index contributed by atoms with van der Waals surface area (Å²) in [5, 5.41) is 10.6. The molecule has 19 heteroatoms. The highest BCUT2D eigenvalue weighted by Crippen LogP contribution is 2.45. The molecule has 0 aromatic carbocycles. The number of hydrogen-bond donors (Lipinski definition) is 3. The molecule has 0 aliphatic carbocycles. The lowest BCUT2D eigenvalue weighted by atomic mass is 10.00. The van der Waals surface area contributed by atoms with Gasteiger partial charge in [-0.25, -0.2) is 9.13 Å². The second-order valence-electron chi connectivity index (χ2n) is 29.4. The van der Waals surface area contributed by atoms with E-state index in [1.807, 2.05) is 0 Å². The Bertz CT molecular complexity index is 1890. The smallest absolute Gasteiger partial charge is 0.462 e. The van der Waals surface area contributed by atoms with Gasteiger partial charge in [-0.1, -0.05) is 338 Å². The number of aliphatic hydroxyl groups is 1. The Hall–Kier alpha value is -1.94. The summed E-state index contributed by atoms with van der Waals surface area (Å²) < 4.78 is 68.5. The molecular weight excluding hydrogens is 1260 g/mol. The van der Waals surface area contributed by atoms with Crippen LogP contribution in [0.15, 0.2) is 0 Å². The van der Waals surface area contributed by atoms with E-state index in [0.29, 0.717) is 25.7 Å². The summed E-state index contributed by atoms with van der Waals surface area (Å²) in [5.74, 6) is 0.939.